The number of nitrogens with zero attached hydrogens (tertiary/aromatic N) is 1. The quantitative estimate of drug-likeness (QED) is 0.767. The highest BCUT2D eigenvalue weighted by Crippen LogP contribution is 2.33. The predicted molar refractivity (Wildman–Crippen MR) is 73.9 cm³/mol. The van der Waals surface area contributed by atoms with Gasteiger partial charge in [-0.1, -0.05) is 13.8 Å². The third-order valence-electron chi connectivity index (χ3n) is 4.09. The molecular weight excluding hydrogens is 244 g/mol. The number of likely N-dealkylation sites (tertiary alicyclic amines) is 1. The summed E-state index contributed by atoms with van der Waals surface area (Å²) in [4.78, 5) is 25.4. The number of hydrogen-bond donors (Lipinski definition) is 2. The van der Waals surface area contributed by atoms with Crippen LogP contribution < -0.4 is 5.32 Å². The summed E-state index contributed by atoms with van der Waals surface area (Å²) in [6.45, 7) is 7.76. The summed E-state index contributed by atoms with van der Waals surface area (Å²) < 4.78 is 0. The molecule has 1 heterocycles. The Morgan fingerprint density at radius 2 is 2.11 bits per heavy atom. The van der Waals surface area contributed by atoms with E-state index in [1.807, 2.05) is 20.8 Å². The number of nitrogens with one attached hydrogen (secondary N) is 1. The van der Waals surface area contributed by atoms with Gasteiger partial charge in [0.1, 0.15) is 0 Å². The number of piperidine rings is 1. The molecule has 1 amide bonds. The normalized spacial score (nSPS) is 25.1. The molecule has 1 aliphatic rings. The van der Waals surface area contributed by atoms with Gasteiger partial charge in [-0.2, -0.15) is 0 Å². The van der Waals surface area contributed by atoms with Crippen molar-refractivity contribution in [1.29, 1.82) is 0 Å². The molecule has 1 saturated heterocycles. The Morgan fingerprint density at radius 3 is 2.63 bits per heavy atom. The van der Waals surface area contributed by atoms with Crippen LogP contribution in [0.15, 0.2) is 0 Å². The van der Waals surface area contributed by atoms with Crippen LogP contribution in [0.4, 0.5) is 0 Å². The first-order valence-electron chi connectivity index (χ1n) is 7.19. The fourth-order valence-electron chi connectivity index (χ4n) is 2.77. The van der Waals surface area contributed by atoms with Crippen LogP contribution >= 0.6 is 0 Å². The zero-order chi connectivity index (χ0) is 14.5. The third-order valence-corrected chi connectivity index (χ3v) is 4.09. The molecule has 110 valence electrons. The van der Waals surface area contributed by atoms with Crippen LogP contribution in [0.2, 0.25) is 0 Å². The van der Waals surface area contributed by atoms with Crippen molar-refractivity contribution < 1.29 is 14.7 Å². The van der Waals surface area contributed by atoms with Crippen LogP contribution in [0.1, 0.15) is 46.5 Å². The number of carbonyl (C=O) groups excluding carboxylic acids is 1. The molecule has 0 spiro atoms. The molecule has 0 aliphatic carbocycles. The monoisotopic (exact) mass is 270 g/mol. The van der Waals surface area contributed by atoms with E-state index in [-0.39, 0.29) is 11.9 Å². The zero-order valence-electron chi connectivity index (χ0n) is 12.2. The van der Waals surface area contributed by atoms with Gasteiger partial charge in [0, 0.05) is 25.6 Å². The largest absolute Gasteiger partial charge is 0.481 e. The van der Waals surface area contributed by atoms with Gasteiger partial charge in [-0.25, -0.2) is 0 Å². The smallest absolute Gasteiger partial charge is 0.311 e. The molecular formula is C14H26N2O3. The van der Waals surface area contributed by atoms with Crippen LogP contribution in [-0.4, -0.2) is 47.6 Å². The number of amides is 1. The van der Waals surface area contributed by atoms with Gasteiger partial charge < -0.3 is 15.3 Å². The van der Waals surface area contributed by atoms with Crippen LogP contribution in [0.5, 0.6) is 0 Å². The summed E-state index contributed by atoms with van der Waals surface area (Å²) in [6.07, 6.45) is 2.47. The molecule has 0 bridgehead atoms. The number of carboxylic acid groups (broad SMARTS) is 1. The maximum Gasteiger partial charge on any atom is 0.311 e. The van der Waals surface area contributed by atoms with E-state index in [2.05, 4.69) is 5.32 Å². The highest BCUT2D eigenvalue weighted by molar-refractivity contribution is 5.80. The lowest BCUT2D eigenvalue weighted by Crippen LogP contribution is -2.50. The molecule has 5 nitrogen and oxygen atoms in total. The van der Waals surface area contributed by atoms with Gasteiger partial charge in [-0.15, -0.1) is 0 Å². The van der Waals surface area contributed by atoms with Gasteiger partial charge in [0.2, 0.25) is 5.91 Å². The lowest BCUT2D eigenvalue weighted by Gasteiger charge is -2.39. The lowest BCUT2D eigenvalue weighted by atomic mass is 9.77. The molecule has 1 aliphatic heterocycles. The van der Waals surface area contributed by atoms with E-state index < -0.39 is 11.4 Å². The zero-order valence-corrected chi connectivity index (χ0v) is 12.2. The second-order valence-electron chi connectivity index (χ2n) is 5.52. The van der Waals surface area contributed by atoms with Crippen LogP contribution in [0.25, 0.3) is 0 Å². The summed E-state index contributed by atoms with van der Waals surface area (Å²) in [5.74, 6) is -0.709. The van der Waals surface area contributed by atoms with Gasteiger partial charge >= 0.3 is 5.97 Å². The van der Waals surface area contributed by atoms with Crippen LogP contribution in [-0.2, 0) is 9.59 Å². The lowest BCUT2D eigenvalue weighted by molar-refractivity contribution is -0.155. The Hall–Kier alpha value is -1.10. The maximum absolute atomic E-state index is 12.2. The van der Waals surface area contributed by atoms with Gasteiger partial charge in [-0.05, 0) is 32.7 Å². The molecule has 1 fully saturated rings. The molecule has 2 atom stereocenters. The number of carbonyl (C=O) groups is 2. The third kappa shape index (κ3) is 3.93. The minimum absolute atomic E-state index is 0.0622. The average molecular weight is 270 g/mol. The molecule has 2 N–H and O–H groups in total. The number of hydrogen-bond acceptors (Lipinski definition) is 3. The van der Waals surface area contributed by atoms with Crippen molar-refractivity contribution in [2.24, 2.45) is 5.41 Å². The van der Waals surface area contributed by atoms with Crippen molar-refractivity contribution >= 4 is 11.9 Å². The molecule has 5 heteroatoms. The second-order valence-corrected chi connectivity index (χ2v) is 5.52. The predicted octanol–water partition coefficient (Wildman–Crippen LogP) is 1.48. The van der Waals surface area contributed by atoms with E-state index in [1.165, 1.54) is 0 Å². The number of carboxylic acids is 1. The molecule has 0 radical (unpaired) electrons. The van der Waals surface area contributed by atoms with E-state index in [1.54, 1.807) is 4.90 Å². The van der Waals surface area contributed by atoms with Crippen LogP contribution in [0, 0.1) is 5.41 Å². The first-order valence-corrected chi connectivity index (χ1v) is 7.19. The summed E-state index contributed by atoms with van der Waals surface area (Å²) in [6, 6.07) is 0.139. The van der Waals surface area contributed by atoms with Crippen molar-refractivity contribution in [2.75, 3.05) is 19.6 Å². The van der Waals surface area contributed by atoms with Crippen molar-refractivity contribution in [3.8, 4) is 0 Å². The van der Waals surface area contributed by atoms with Crippen molar-refractivity contribution in [3.63, 3.8) is 0 Å². The first kappa shape index (κ1) is 16.0. The SMILES string of the molecule is CCNC(C)CC(=O)N1CCCC(CC)(C(=O)O)C1. The van der Waals surface area contributed by atoms with E-state index in [4.69, 9.17) is 0 Å². The Kier molecular flexibility index (Phi) is 5.79. The summed E-state index contributed by atoms with van der Waals surface area (Å²) in [7, 11) is 0. The summed E-state index contributed by atoms with van der Waals surface area (Å²) >= 11 is 0. The number of aliphatic carboxylic acids is 1. The van der Waals surface area contributed by atoms with Gasteiger partial charge in [0.05, 0.1) is 5.41 Å². The fraction of sp³-hybridized carbons (Fsp3) is 0.857. The van der Waals surface area contributed by atoms with Crippen molar-refractivity contribution in [2.45, 2.75) is 52.5 Å². The van der Waals surface area contributed by atoms with Gasteiger partial charge in [-0.3, -0.25) is 9.59 Å². The standard InChI is InChI=1S/C14H26N2O3/c1-4-14(13(18)19)7-6-8-16(10-14)12(17)9-11(3)15-5-2/h11,15H,4-10H2,1-3H3,(H,18,19). The van der Waals surface area contributed by atoms with Crippen molar-refractivity contribution in [3.05, 3.63) is 0 Å². The Morgan fingerprint density at radius 1 is 1.42 bits per heavy atom. The molecule has 0 aromatic carbocycles. The minimum atomic E-state index is -0.771. The minimum Gasteiger partial charge on any atom is -0.481 e. The molecule has 2 unspecified atom stereocenters. The molecule has 0 aromatic heterocycles. The van der Waals surface area contributed by atoms with E-state index in [9.17, 15) is 14.7 Å². The average Bonchev–Trinajstić information content (AvgIpc) is 2.38. The Balaban J connectivity index is 2.63. The van der Waals surface area contributed by atoms with E-state index >= 15 is 0 Å². The van der Waals surface area contributed by atoms with E-state index in [0.717, 1.165) is 13.0 Å². The molecule has 1 rings (SSSR count). The van der Waals surface area contributed by atoms with Gasteiger partial charge in [0.15, 0.2) is 0 Å². The first-order chi connectivity index (χ1) is 8.95. The van der Waals surface area contributed by atoms with Crippen molar-refractivity contribution in [1.82, 2.24) is 10.2 Å². The van der Waals surface area contributed by atoms with Gasteiger partial charge in [0.25, 0.3) is 0 Å². The molecule has 19 heavy (non-hydrogen) atoms. The summed E-state index contributed by atoms with van der Waals surface area (Å²) in [5, 5.41) is 12.6. The topological polar surface area (TPSA) is 69.6 Å². The van der Waals surface area contributed by atoms with E-state index in [0.29, 0.717) is 32.4 Å². The fourth-order valence-corrected chi connectivity index (χ4v) is 2.77. The summed E-state index contributed by atoms with van der Waals surface area (Å²) in [5.41, 5.74) is -0.741. The second kappa shape index (κ2) is 6.89. The highest BCUT2D eigenvalue weighted by Gasteiger charge is 2.42. The Bertz CT molecular complexity index is 333. The van der Waals surface area contributed by atoms with Crippen LogP contribution in [0.3, 0.4) is 0 Å². The Labute approximate surface area is 115 Å². The maximum atomic E-state index is 12.2. The number of rotatable bonds is 6. The molecule has 0 aromatic rings. The highest BCUT2D eigenvalue weighted by atomic mass is 16.4. The molecule has 0 saturated carbocycles.